The van der Waals surface area contributed by atoms with E-state index in [0.29, 0.717) is 12.3 Å². The first-order chi connectivity index (χ1) is 14.6. The number of benzene rings is 2. The SMILES string of the molecule is [2H]COc1ccc([C@H]2CNC(=O)[C@H](Cc3cccc(C)c3)C2)cc1OC1CCCC1. The average molecular weight is 395 g/mol. The predicted molar refractivity (Wildman–Crippen MR) is 115 cm³/mol. The minimum atomic E-state index is -0.127. The third-order valence-electron chi connectivity index (χ3n) is 6.22. The molecule has 0 radical (unpaired) electrons. The van der Waals surface area contributed by atoms with Gasteiger partial charge in [-0.15, -0.1) is 0 Å². The van der Waals surface area contributed by atoms with Crippen molar-refractivity contribution in [3.8, 4) is 11.5 Å². The monoisotopic (exact) mass is 394 g/mol. The molecule has 1 aliphatic carbocycles. The quantitative estimate of drug-likeness (QED) is 0.766. The molecule has 1 aliphatic heterocycles. The highest BCUT2D eigenvalue weighted by Gasteiger charge is 2.30. The number of carbonyl (C=O) groups is 1. The summed E-state index contributed by atoms with van der Waals surface area (Å²) >= 11 is 0. The summed E-state index contributed by atoms with van der Waals surface area (Å²) in [4.78, 5) is 12.5. The van der Waals surface area contributed by atoms with Gasteiger partial charge in [0.05, 0.1) is 14.6 Å². The lowest BCUT2D eigenvalue weighted by Gasteiger charge is -2.30. The summed E-state index contributed by atoms with van der Waals surface area (Å²) < 4.78 is 19.2. The van der Waals surface area contributed by atoms with Crippen LogP contribution in [0, 0.1) is 12.8 Å². The van der Waals surface area contributed by atoms with Crippen molar-refractivity contribution in [1.29, 1.82) is 0 Å². The standard InChI is InChI=1S/C25H31NO3/c1-17-6-5-7-18(12-17)13-20-14-21(16-26-25(20)27)19-10-11-23(28-2)24(15-19)29-22-8-3-4-9-22/h5-7,10-12,15,20-22H,3-4,8-9,13-14,16H2,1-2H3,(H,26,27)/t20-,21-/m1/s1/i2D. The Balaban J connectivity index is 1.51. The number of carbonyl (C=O) groups excluding carboxylic acids is 1. The average Bonchev–Trinajstić information content (AvgIpc) is 3.24. The van der Waals surface area contributed by atoms with E-state index in [2.05, 4.69) is 48.6 Å². The Morgan fingerprint density at radius 2 is 2.00 bits per heavy atom. The molecule has 2 aliphatic rings. The number of amides is 1. The predicted octanol–water partition coefficient (Wildman–Crippen LogP) is 4.79. The second kappa shape index (κ2) is 8.89. The van der Waals surface area contributed by atoms with E-state index in [-0.39, 0.29) is 30.9 Å². The maximum Gasteiger partial charge on any atom is 0.223 e. The van der Waals surface area contributed by atoms with Crippen LogP contribution in [0.3, 0.4) is 0 Å². The molecule has 154 valence electrons. The molecule has 1 saturated carbocycles. The number of methoxy groups -OCH3 is 1. The van der Waals surface area contributed by atoms with Crippen LogP contribution in [0.4, 0.5) is 0 Å². The number of hydrogen-bond donors (Lipinski definition) is 1. The van der Waals surface area contributed by atoms with Crippen LogP contribution in [0.1, 0.15) is 56.1 Å². The molecule has 2 fully saturated rings. The van der Waals surface area contributed by atoms with Gasteiger partial charge < -0.3 is 14.8 Å². The number of ether oxygens (including phenoxy) is 2. The van der Waals surface area contributed by atoms with E-state index >= 15 is 0 Å². The summed E-state index contributed by atoms with van der Waals surface area (Å²) in [5.74, 6) is 1.72. The Morgan fingerprint density at radius 1 is 1.14 bits per heavy atom. The molecule has 1 amide bonds. The van der Waals surface area contributed by atoms with E-state index in [0.717, 1.165) is 37.0 Å². The van der Waals surface area contributed by atoms with Crippen LogP contribution in [0.15, 0.2) is 42.5 Å². The van der Waals surface area contributed by atoms with Crippen molar-refractivity contribution in [2.24, 2.45) is 5.92 Å². The van der Waals surface area contributed by atoms with Gasteiger partial charge in [0.25, 0.3) is 0 Å². The number of hydrogen-bond acceptors (Lipinski definition) is 3. The lowest BCUT2D eigenvalue weighted by Crippen LogP contribution is -2.41. The Bertz CT molecular complexity index is 878. The van der Waals surface area contributed by atoms with Gasteiger partial charge in [0.15, 0.2) is 11.5 Å². The molecule has 0 aromatic heterocycles. The number of rotatable bonds is 6. The smallest absolute Gasteiger partial charge is 0.223 e. The van der Waals surface area contributed by atoms with E-state index in [1.165, 1.54) is 24.0 Å². The van der Waals surface area contributed by atoms with Crippen LogP contribution in [-0.4, -0.2) is 25.6 Å². The van der Waals surface area contributed by atoms with Crippen LogP contribution in [0.25, 0.3) is 0 Å². The molecule has 0 unspecified atom stereocenters. The summed E-state index contributed by atoms with van der Waals surface area (Å²) in [7, 11) is -0.127. The molecular formula is C25H31NO3. The van der Waals surface area contributed by atoms with E-state index in [1.54, 1.807) is 0 Å². The van der Waals surface area contributed by atoms with Crippen molar-refractivity contribution in [2.45, 2.75) is 57.5 Å². The Labute approximate surface area is 175 Å². The molecule has 1 N–H and O–H groups in total. The number of aryl methyl sites for hydroxylation is 1. The molecule has 0 bridgehead atoms. The second-order valence-corrected chi connectivity index (χ2v) is 8.44. The highest BCUT2D eigenvalue weighted by atomic mass is 16.5. The highest BCUT2D eigenvalue weighted by Crippen LogP contribution is 2.37. The van der Waals surface area contributed by atoms with Crippen LogP contribution in [0.2, 0.25) is 0 Å². The van der Waals surface area contributed by atoms with Crippen molar-refractivity contribution >= 4 is 5.91 Å². The lowest BCUT2D eigenvalue weighted by molar-refractivity contribution is -0.126. The maximum atomic E-state index is 12.5. The Kier molecular flexibility index (Phi) is 5.68. The zero-order valence-corrected chi connectivity index (χ0v) is 17.2. The lowest BCUT2D eigenvalue weighted by atomic mass is 9.82. The molecular weight excluding hydrogens is 362 g/mol. The van der Waals surface area contributed by atoms with E-state index in [9.17, 15) is 4.79 Å². The zero-order valence-electron chi connectivity index (χ0n) is 18.2. The first-order valence-corrected chi connectivity index (χ1v) is 10.7. The van der Waals surface area contributed by atoms with Crippen molar-refractivity contribution in [3.05, 3.63) is 59.2 Å². The third-order valence-corrected chi connectivity index (χ3v) is 6.22. The van der Waals surface area contributed by atoms with Crippen LogP contribution < -0.4 is 14.8 Å². The van der Waals surface area contributed by atoms with Crippen molar-refractivity contribution in [3.63, 3.8) is 0 Å². The first kappa shape index (κ1) is 18.5. The minimum Gasteiger partial charge on any atom is -0.493 e. The van der Waals surface area contributed by atoms with Crippen LogP contribution >= 0.6 is 0 Å². The molecule has 0 spiro atoms. The first-order valence-electron chi connectivity index (χ1n) is 11.4. The van der Waals surface area contributed by atoms with Gasteiger partial charge in [-0.1, -0.05) is 35.9 Å². The molecule has 2 aromatic carbocycles. The van der Waals surface area contributed by atoms with Gasteiger partial charge in [0.2, 0.25) is 5.91 Å². The van der Waals surface area contributed by atoms with Gasteiger partial charge in [-0.3, -0.25) is 4.79 Å². The number of piperidine rings is 1. The fraction of sp³-hybridized carbons (Fsp3) is 0.480. The topological polar surface area (TPSA) is 47.6 Å². The molecule has 29 heavy (non-hydrogen) atoms. The fourth-order valence-electron chi connectivity index (χ4n) is 4.63. The summed E-state index contributed by atoms with van der Waals surface area (Å²) in [5, 5.41) is 3.11. The Hall–Kier alpha value is -2.49. The normalized spacial score (nSPS) is 22.8. The summed E-state index contributed by atoms with van der Waals surface area (Å²) in [5.41, 5.74) is 3.59. The van der Waals surface area contributed by atoms with Crippen molar-refractivity contribution < 1.29 is 15.6 Å². The number of nitrogens with one attached hydrogen (secondary N) is 1. The van der Waals surface area contributed by atoms with E-state index < -0.39 is 0 Å². The highest BCUT2D eigenvalue weighted by molar-refractivity contribution is 5.80. The van der Waals surface area contributed by atoms with Gasteiger partial charge >= 0.3 is 0 Å². The molecule has 1 heterocycles. The van der Waals surface area contributed by atoms with Gasteiger partial charge in [0, 0.05) is 18.4 Å². The Morgan fingerprint density at radius 3 is 2.79 bits per heavy atom. The third kappa shape index (κ3) is 4.75. The molecule has 4 heteroatoms. The minimum absolute atomic E-state index is 0.0334. The van der Waals surface area contributed by atoms with E-state index in [1.807, 2.05) is 6.07 Å². The summed E-state index contributed by atoms with van der Waals surface area (Å²) in [6, 6.07) is 14.4. The summed E-state index contributed by atoms with van der Waals surface area (Å²) in [6.07, 6.45) is 6.36. The van der Waals surface area contributed by atoms with Crippen LogP contribution in [-0.2, 0) is 11.2 Å². The van der Waals surface area contributed by atoms with Gasteiger partial charge in [-0.05, 0) is 68.7 Å². The molecule has 2 atom stereocenters. The maximum absolute atomic E-state index is 12.5. The molecule has 4 nitrogen and oxygen atoms in total. The van der Waals surface area contributed by atoms with Gasteiger partial charge in [-0.2, -0.15) is 0 Å². The largest absolute Gasteiger partial charge is 0.493 e. The van der Waals surface area contributed by atoms with Crippen molar-refractivity contribution in [1.82, 2.24) is 5.32 Å². The zero-order chi connectivity index (χ0) is 20.9. The summed E-state index contributed by atoms with van der Waals surface area (Å²) in [6.45, 7) is 2.73. The van der Waals surface area contributed by atoms with Crippen LogP contribution in [0.5, 0.6) is 11.5 Å². The molecule has 4 rings (SSSR count). The fourth-order valence-corrected chi connectivity index (χ4v) is 4.63. The van der Waals surface area contributed by atoms with Crippen molar-refractivity contribution in [2.75, 3.05) is 13.6 Å². The van der Waals surface area contributed by atoms with Gasteiger partial charge in [-0.25, -0.2) is 0 Å². The van der Waals surface area contributed by atoms with Gasteiger partial charge in [0.1, 0.15) is 0 Å². The molecule has 2 aromatic rings. The molecule has 1 saturated heterocycles. The second-order valence-electron chi connectivity index (χ2n) is 8.44. The van der Waals surface area contributed by atoms with E-state index in [4.69, 9.17) is 10.8 Å².